The molecule has 6 aromatic rings. The van der Waals surface area contributed by atoms with Gasteiger partial charge in [-0.2, -0.15) is 9.78 Å². The number of nitrogen functional groups attached to an aromatic ring is 1. The molecule has 1 aliphatic heterocycles. The van der Waals surface area contributed by atoms with E-state index in [0.29, 0.717) is 39.1 Å². The number of methoxy groups -OCH3 is 1. The zero-order valence-corrected chi connectivity index (χ0v) is 22.8. The van der Waals surface area contributed by atoms with E-state index in [4.69, 9.17) is 31.9 Å². The summed E-state index contributed by atoms with van der Waals surface area (Å²) in [6.07, 6.45) is 1.34. The average Bonchev–Trinajstić information content (AvgIpc) is 3.53. The zero-order chi connectivity index (χ0) is 28.2. The Morgan fingerprint density at radius 3 is 2.59 bits per heavy atom. The number of fused-ring (bicyclic) bond motifs is 3. The van der Waals surface area contributed by atoms with Gasteiger partial charge in [0, 0.05) is 21.5 Å². The second-order valence-corrected chi connectivity index (χ2v) is 10.2. The number of hydrogen-bond donors (Lipinski definition) is 2. The van der Waals surface area contributed by atoms with Crippen molar-refractivity contribution in [2.45, 2.75) is 12.8 Å². The molecule has 3 aromatic heterocycles. The fourth-order valence-electron chi connectivity index (χ4n) is 5.53. The minimum atomic E-state index is -0.419. The predicted octanol–water partition coefficient (Wildman–Crippen LogP) is 6.35. The number of nitrogens with two attached hydrogens (primary N) is 1. The standard InChI is InChI=1S/C31H23ClN6O3/c1-16-23-25(18-8-11-20(40-2)12-9-18)26-28(33)34-15-35-29(26)41-31(23)38(37-16)30(39)27-24(17-6-4-3-5-7-17)21-14-19(32)10-13-22(21)36-27/h3-15,25,36H,1-2H3,(H2,33,34,35). The van der Waals surface area contributed by atoms with Gasteiger partial charge < -0.3 is 20.2 Å². The molecule has 0 radical (unpaired) electrons. The number of anilines is 1. The molecule has 41 heavy (non-hydrogen) atoms. The Kier molecular flexibility index (Phi) is 5.76. The molecule has 9 nitrogen and oxygen atoms in total. The highest BCUT2D eigenvalue weighted by Gasteiger charge is 2.39. The summed E-state index contributed by atoms with van der Waals surface area (Å²) in [4.78, 5) is 26.3. The first-order chi connectivity index (χ1) is 19.9. The summed E-state index contributed by atoms with van der Waals surface area (Å²) < 4.78 is 12.9. The van der Waals surface area contributed by atoms with E-state index in [1.165, 1.54) is 11.0 Å². The first-order valence-electron chi connectivity index (χ1n) is 12.9. The Balaban J connectivity index is 1.44. The monoisotopic (exact) mass is 562 g/mol. The van der Waals surface area contributed by atoms with Crippen molar-refractivity contribution in [2.75, 3.05) is 12.8 Å². The number of H-pyrrole nitrogens is 1. The average molecular weight is 563 g/mol. The van der Waals surface area contributed by atoms with E-state index in [2.05, 4.69) is 15.0 Å². The van der Waals surface area contributed by atoms with Crippen LogP contribution >= 0.6 is 11.6 Å². The summed E-state index contributed by atoms with van der Waals surface area (Å²) in [5.41, 5.74) is 11.9. The summed E-state index contributed by atoms with van der Waals surface area (Å²) in [5, 5.41) is 6.09. The maximum absolute atomic E-state index is 14.4. The highest BCUT2D eigenvalue weighted by molar-refractivity contribution is 6.31. The molecule has 1 aliphatic rings. The van der Waals surface area contributed by atoms with Crippen LogP contribution in [0.15, 0.2) is 79.1 Å². The molecule has 3 N–H and O–H groups in total. The summed E-state index contributed by atoms with van der Waals surface area (Å²) in [5.74, 6) is 0.741. The number of carbonyl (C=O) groups is 1. The Labute approximate surface area is 239 Å². The third kappa shape index (κ3) is 3.93. The normalized spacial score (nSPS) is 13.9. The third-order valence-electron chi connectivity index (χ3n) is 7.39. The molecular weight excluding hydrogens is 540 g/mol. The van der Waals surface area contributed by atoms with Gasteiger partial charge in [0.15, 0.2) is 0 Å². The van der Waals surface area contributed by atoms with Crippen molar-refractivity contribution in [2.24, 2.45) is 0 Å². The summed E-state index contributed by atoms with van der Waals surface area (Å²) in [6, 6.07) is 22.8. The highest BCUT2D eigenvalue weighted by atomic mass is 35.5. The SMILES string of the molecule is COc1ccc(C2c3c(N)ncnc3Oc3c2c(C)nn3C(=O)c2[nH]c3ccc(Cl)cc3c2-c2ccccc2)cc1. The lowest BCUT2D eigenvalue weighted by Gasteiger charge is -2.26. The Hall–Kier alpha value is -5.15. The van der Waals surface area contributed by atoms with E-state index in [9.17, 15) is 4.79 Å². The highest BCUT2D eigenvalue weighted by Crippen LogP contribution is 2.50. The molecule has 1 unspecified atom stereocenters. The first kappa shape index (κ1) is 24.9. The zero-order valence-electron chi connectivity index (χ0n) is 22.1. The van der Waals surface area contributed by atoms with Crippen LogP contribution in [-0.4, -0.2) is 37.7 Å². The lowest BCUT2D eigenvalue weighted by molar-refractivity contribution is 0.0931. The molecule has 3 aromatic carbocycles. The number of ether oxygens (including phenoxy) is 2. The number of aromatic nitrogens is 5. The molecule has 10 heteroatoms. The second-order valence-electron chi connectivity index (χ2n) is 9.74. The van der Waals surface area contributed by atoms with E-state index >= 15 is 0 Å². The van der Waals surface area contributed by atoms with Crippen LogP contribution in [0.4, 0.5) is 5.82 Å². The molecule has 0 spiro atoms. The lowest BCUT2D eigenvalue weighted by Crippen LogP contribution is -2.20. The van der Waals surface area contributed by atoms with Crippen LogP contribution in [-0.2, 0) is 0 Å². The number of aromatic amines is 1. The largest absolute Gasteiger partial charge is 0.497 e. The van der Waals surface area contributed by atoms with Crippen molar-refractivity contribution in [3.63, 3.8) is 0 Å². The van der Waals surface area contributed by atoms with E-state index in [0.717, 1.165) is 27.6 Å². The Morgan fingerprint density at radius 2 is 1.83 bits per heavy atom. The smallest absolute Gasteiger partial charge is 0.298 e. The molecular formula is C31H23ClN6O3. The van der Waals surface area contributed by atoms with Crippen molar-refractivity contribution in [1.82, 2.24) is 24.7 Å². The van der Waals surface area contributed by atoms with E-state index < -0.39 is 5.92 Å². The second kappa shape index (κ2) is 9.50. The van der Waals surface area contributed by atoms with Gasteiger partial charge >= 0.3 is 0 Å². The van der Waals surface area contributed by atoms with Gasteiger partial charge in [-0.15, -0.1) is 0 Å². The fraction of sp³-hybridized carbons (Fsp3) is 0.0968. The number of halogens is 1. The van der Waals surface area contributed by atoms with Gasteiger partial charge in [0.05, 0.1) is 29.8 Å². The summed E-state index contributed by atoms with van der Waals surface area (Å²) in [7, 11) is 1.62. The van der Waals surface area contributed by atoms with Gasteiger partial charge in [-0.1, -0.05) is 54.1 Å². The topological polar surface area (TPSA) is 121 Å². The molecule has 4 heterocycles. The number of hydrogen-bond acceptors (Lipinski definition) is 7. The van der Waals surface area contributed by atoms with Crippen molar-refractivity contribution in [1.29, 1.82) is 0 Å². The van der Waals surface area contributed by atoms with Crippen LogP contribution in [0, 0.1) is 6.92 Å². The molecule has 0 saturated carbocycles. The molecule has 0 amide bonds. The number of benzene rings is 3. The molecule has 1 atom stereocenters. The van der Waals surface area contributed by atoms with E-state index in [1.807, 2.05) is 73.7 Å². The van der Waals surface area contributed by atoms with E-state index in [1.54, 1.807) is 13.2 Å². The Morgan fingerprint density at radius 1 is 1.05 bits per heavy atom. The Bertz CT molecular complexity index is 1960. The molecule has 202 valence electrons. The van der Waals surface area contributed by atoms with Gasteiger partial charge in [-0.25, -0.2) is 9.97 Å². The number of nitrogens with zero attached hydrogens (tertiary/aromatic N) is 4. The maximum Gasteiger partial charge on any atom is 0.298 e. The quantitative estimate of drug-likeness (QED) is 0.256. The maximum atomic E-state index is 14.4. The molecule has 0 bridgehead atoms. The van der Waals surface area contributed by atoms with Crippen molar-refractivity contribution in [3.8, 4) is 28.6 Å². The van der Waals surface area contributed by atoms with Crippen LogP contribution in [0.2, 0.25) is 5.02 Å². The van der Waals surface area contributed by atoms with Gasteiger partial charge in [0.25, 0.3) is 5.91 Å². The van der Waals surface area contributed by atoms with Crippen molar-refractivity contribution in [3.05, 3.63) is 112 Å². The third-order valence-corrected chi connectivity index (χ3v) is 7.62. The number of carbonyl (C=O) groups excluding carboxylic acids is 1. The number of aryl methyl sites for hydroxylation is 1. The van der Waals surface area contributed by atoms with Crippen LogP contribution in [0.1, 0.15) is 38.8 Å². The van der Waals surface area contributed by atoms with Crippen molar-refractivity contribution >= 4 is 34.2 Å². The fourth-order valence-corrected chi connectivity index (χ4v) is 5.70. The van der Waals surface area contributed by atoms with Crippen LogP contribution in [0.5, 0.6) is 17.5 Å². The van der Waals surface area contributed by atoms with Crippen molar-refractivity contribution < 1.29 is 14.3 Å². The lowest BCUT2D eigenvalue weighted by atomic mass is 9.84. The summed E-state index contributed by atoms with van der Waals surface area (Å²) >= 11 is 6.37. The minimum Gasteiger partial charge on any atom is -0.497 e. The summed E-state index contributed by atoms with van der Waals surface area (Å²) in [6.45, 7) is 1.84. The number of nitrogens with one attached hydrogen (secondary N) is 1. The van der Waals surface area contributed by atoms with Gasteiger partial charge in [0.1, 0.15) is 23.6 Å². The van der Waals surface area contributed by atoms with Crippen LogP contribution in [0.3, 0.4) is 0 Å². The molecule has 0 fully saturated rings. The van der Waals surface area contributed by atoms with Gasteiger partial charge in [-0.05, 0) is 48.4 Å². The number of rotatable bonds is 4. The van der Waals surface area contributed by atoms with E-state index in [-0.39, 0.29) is 17.7 Å². The van der Waals surface area contributed by atoms with Gasteiger partial charge in [-0.3, -0.25) is 4.79 Å². The van der Waals surface area contributed by atoms with Crippen LogP contribution < -0.4 is 15.2 Å². The minimum absolute atomic E-state index is 0.270. The predicted molar refractivity (Wildman–Crippen MR) is 156 cm³/mol. The molecule has 0 aliphatic carbocycles. The molecule has 7 rings (SSSR count). The van der Waals surface area contributed by atoms with Gasteiger partial charge in [0.2, 0.25) is 11.8 Å². The van der Waals surface area contributed by atoms with Crippen LogP contribution in [0.25, 0.3) is 22.0 Å². The molecule has 0 saturated heterocycles. The first-order valence-corrected chi connectivity index (χ1v) is 13.3.